The van der Waals surface area contributed by atoms with Crippen molar-refractivity contribution in [1.82, 2.24) is 10.2 Å². The van der Waals surface area contributed by atoms with E-state index in [4.69, 9.17) is 4.74 Å². The molecule has 0 aromatic rings. The summed E-state index contributed by atoms with van der Waals surface area (Å²) in [5, 5.41) is 2.87. The maximum atomic E-state index is 12.6. The smallest absolute Gasteiger partial charge is 0.246 e. The molecule has 1 saturated carbocycles. The molecule has 0 bridgehead atoms. The van der Waals surface area contributed by atoms with Crippen LogP contribution in [0.15, 0.2) is 0 Å². The molecule has 1 spiro atoms. The first-order valence-electron chi connectivity index (χ1n) is 7.37. The predicted molar refractivity (Wildman–Crippen MR) is 69.5 cm³/mol. The maximum Gasteiger partial charge on any atom is 0.246 e. The van der Waals surface area contributed by atoms with Crippen LogP contribution in [0.4, 0.5) is 0 Å². The molecule has 2 heterocycles. The summed E-state index contributed by atoms with van der Waals surface area (Å²) in [7, 11) is 0. The summed E-state index contributed by atoms with van der Waals surface area (Å²) in [6.07, 6.45) is 5.67. The summed E-state index contributed by atoms with van der Waals surface area (Å²) in [5.74, 6) is 0.114. The van der Waals surface area contributed by atoms with Crippen molar-refractivity contribution in [3.8, 4) is 0 Å². The van der Waals surface area contributed by atoms with Gasteiger partial charge in [0.15, 0.2) is 0 Å². The molecule has 0 radical (unpaired) electrons. The number of hydrogen-bond donors (Lipinski definition) is 1. The highest BCUT2D eigenvalue weighted by molar-refractivity contribution is 5.99. The molecular weight excluding hydrogens is 244 g/mol. The fourth-order valence-electron chi connectivity index (χ4n) is 3.78. The van der Waals surface area contributed by atoms with Gasteiger partial charge in [0.2, 0.25) is 11.8 Å². The lowest BCUT2D eigenvalue weighted by molar-refractivity contribution is -0.163. The maximum absolute atomic E-state index is 12.6. The first-order chi connectivity index (χ1) is 9.15. The van der Waals surface area contributed by atoms with E-state index in [0.29, 0.717) is 13.2 Å². The third kappa shape index (κ3) is 1.95. The Kier molecular flexibility index (Phi) is 3.25. The Morgan fingerprint density at radius 1 is 1.26 bits per heavy atom. The monoisotopic (exact) mass is 266 g/mol. The molecule has 2 amide bonds. The lowest BCUT2D eigenvalue weighted by atomic mass is 9.76. The number of nitrogens with zero attached hydrogens (tertiary/aromatic N) is 1. The van der Waals surface area contributed by atoms with Gasteiger partial charge in [-0.15, -0.1) is 0 Å². The van der Waals surface area contributed by atoms with Gasteiger partial charge >= 0.3 is 0 Å². The molecule has 106 valence electrons. The number of amides is 2. The zero-order valence-corrected chi connectivity index (χ0v) is 11.5. The normalized spacial score (nSPS) is 34.7. The number of carbonyl (C=O) groups excluding carboxylic acids is 2. The third-order valence-corrected chi connectivity index (χ3v) is 4.79. The second kappa shape index (κ2) is 4.78. The van der Waals surface area contributed by atoms with E-state index >= 15 is 0 Å². The van der Waals surface area contributed by atoms with E-state index in [1.54, 1.807) is 6.92 Å². The molecule has 1 N–H and O–H groups in total. The van der Waals surface area contributed by atoms with Crippen LogP contribution in [-0.4, -0.2) is 47.6 Å². The Balaban J connectivity index is 1.96. The fourth-order valence-corrected chi connectivity index (χ4v) is 3.78. The van der Waals surface area contributed by atoms with Crippen LogP contribution >= 0.6 is 0 Å². The Bertz CT molecular complexity index is 384. The van der Waals surface area contributed by atoms with Gasteiger partial charge in [-0.25, -0.2) is 0 Å². The SMILES string of the molecule is CC1NC(=O)C2(CCCCC2)N(C2CCOC2)C1=O. The molecule has 0 aromatic heterocycles. The van der Waals surface area contributed by atoms with Crippen molar-refractivity contribution < 1.29 is 14.3 Å². The second-order valence-electron chi connectivity index (χ2n) is 6.01. The second-order valence-corrected chi connectivity index (χ2v) is 6.01. The van der Waals surface area contributed by atoms with Crippen LogP contribution in [-0.2, 0) is 14.3 Å². The standard InChI is InChI=1S/C14H22N2O3/c1-10-12(17)16(11-5-8-19-9-11)14(13(18)15-10)6-3-2-4-7-14/h10-11H,2-9H2,1H3,(H,15,18). The summed E-state index contributed by atoms with van der Waals surface area (Å²) < 4.78 is 5.44. The van der Waals surface area contributed by atoms with Crippen molar-refractivity contribution in [2.45, 2.75) is 63.1 Å². The molecule has 2 atom stereocenters. The van der Waals surface area contributed by atoms with Crippen molar-refractivity contribution in [3.05, 3.63) is 0 Å². The third-order valence-electron chi connectivity index (χ3n) is 4.79. The van der Waals surface area contributed by atoms with E-state index in [0.717, 1.165) is 38.5 Å². The summed E-state index contributed by atoms with van der Waals surface area (Å²) in [4.78, 5) is 27.0. The van der Waals surface area contributed by atoms with E-state index in [1.165, 1.54) is 0 Å². The largest absolute Gasteiger partial charge is 0.379 e. The van der Waals surface area contributed by atoms with Crippen molar-refractivity contribution in [2.75, 3.05) is 13.2 Å². The molecule has 3 fully saturated rings. The topological polar surface area (TPSA) is 58.6 Å². The summed E-state index contributed by atoms with van der Waals surface area (Å²) in [6.45, 7) is 3.05. The van der Waals surface area contributed by atoms with Gasteiger partial charge in [-0.1, -0.05) is 19.3 Å². The Labute approximate surface area is 113 Å². The van der Waals surface area contributed by atoms with Crippen molar-refractivity contribution in [3.63, 3.8) is 0 Å². The van der Waals surface area contributed by atoms with Crippen molar-refractivity contribution >= 4 is 11.8 Å². The molecule has 5 nitrogen and oxygen atoms in total. The van der Waals surface area contributed by atoms with Gasteiger partial charge in [0, 0.05) is 6.61 Å². The predicted octanol–water partition coefficient (Wildman–Crippen LogP) is 0.825. The molecule has 2 aliphatic heterocycles. The van der Waals surface area contributed by atoms with Crippen LogP contribution in [0.3, 0.4) is 0 Å². The summed E-state index contributed by atoms with van der Waals surface area (Å²) in [5.41, 5.74) is -0.597. The molecule has 2 unspecified atom stereocenters. The van der Waals surface area contributed by atoms with Crippen LogP contribution in [0.5, 0.6) is 0 Å². The number of ether oxygens (including phenoxy) is 1. The van der Waals surface area contributed by atoms with Crippen LogP contribution in [0.25, 0.3) is 0 Å². The van der Waals surface area contributed by atoms with Gasteiger partial charge in [0.25, 0.3) is 0 Å². The van der Waals surface area contributed by atoms with E-state index in [1.807, 2.05) is 4.90 Å². The lowest BCUT2D eigenvalue weighted by Crippen LogP contribution is -2.72. The van der Waals surface area contributed by atoms with Gasteiger partial charge in [0.1, 0.15) is 11.6 Å². The highest BCUT2D eigenvalue weighted by Gasteiger charge is 2.54. The van der Waals surface area contributed by atoms with Crippen LogP contribution in [0.2, 0.25) is 0 Å². The first kappa shape index (κ1) is 12.9. The van der Waals surface area contributed by atoms with Gasteiger partial charge in [-0.2, -0.15) is 0 Å². The minimum Gasteiger partial charge on any atom is -0.379 e. The zero-order valence-electron chi connectivity index (χ0n) is 11.5. The molecule has 19 heavy (non-hydrogen) atoms. The first-order valence-corrected chi connectivity index (χ1v) is 7.37. The molecule has 5 heteroatoms. The van der Waals surface area contributed by atoms with Gasteiger partial charge in [-0.05, 0) is 26.2 Å². The lowest BCUT2D eigenvalue weighted by Gasteiger charge is -2.51. The highest BCUT2D eigenvalue weighted by Crippen LogP contribution is 2.39. The van der Waals surface area contributed by atoms with Crippen molar-refractivity contribution in [1.29, 1.82) is 0 Å². The Morgan fingerprint density at radius 3 is 2.63 bits per heavy atom. The zero-order chi connectivity index (χ0) is 13.5. The van der Waals surface area contributed by atoms with E-state index in [9.17, 15) is 9.59 Å². The minimum absolute atomic E-state index is 0.0474. The Hall–Kier alpha value is -1.10. The Morgan fingerprint density at radius 2 is 2.00 bits per heavy atom. The number of rotatable bonds is 1. The number of hydrogen-bond acceptors (Lipinski definition) is 3. The summed E-state index contributed by atoms with van der Waals surface area (Å²) >= 11 is 0. The molecule has 3 rings (SSSR count). The van der Waals surface area contributed by atoms with Gasteiger partial charge in [-0.3, -0.25) is 9.59 Å². The average Bonchev–Trinajstić information content (AvgIpc) is 2.92. The van der Waals surface area contributed by atoms with Crippen LogP contribution in [0, 0.1) is 0 Å². The number of nitrogens with one attached hydrogen (secondary N) is 1. The molecule has 3 aliphatic rings. The average molecular weight is 266 g/mol. The molecule has 1 aliphatic carbocycles. The van der Waals surface area contributed by atoms with E-state index < -0.39 is 11.6 Å². The van der Waals surface area contributed by atoms with Crippen LogP contribution in [0.1, 0.15) is 45.4 Å². The van der Waals surface area contributed by atoms with Crippen molar-refractivity contribution in [2.24, 2.45) is 0 Å². The van der Waals surface area contributed by atoms with Crippen LogP contribution < -0.4 is 5.32 Å². The van der Waals surface area contributed by atoms with Gasteiger partial charge in [0.05, 0.1) is 12.6 Å². The number of piperazine rings is 1. The summed E-state index contributed by atoms with van der Waals surface area (Å²) in [6, 6.07) is -0.320. The molecular formula is C14H22N2O3. The van der Waals surface area contributed by atoms with Gasteiger partial charge < -0.3 is 15.0 Å². The number of carbonyl (C=O) groups is 2. The molecule has 2 saturated heterocycles. The quantitative estimate of drug-likeness (QED) is 0.764. The van der Waals surface area contributed by atoms with E-state index in [-0.39, 0.29) is 17.9 Å². The fraction of sp³-hybridized carbons (Fsp3) is 0.857. The highest BCUT2D eigenvalue weighted by atomic mass is 16.5. The molecule has 0 aromatic carbocycles. The van der Waals surface area contributed by atoms with E-state index in [2.05, 4.69) is 5.32 Å². The minimum atomic E-state index is -0.597.